The van der Waals surface area contributed by atoms with Crippen molar-refractivity contribution in [1.82, 2.24) is 15.5 Å². The molecule has 0 aliphatic carbocycles. The Bertz CT molecular complexity index is 683. The Kier molecular flexibility index (Phi) is 5.43. The fourth-order valence-corrected chi connectivity index (χ4v) is 2.09. The van der Waals surface area contributed by atoms with Crippen LogP contribution in [0.15, 0.2) is 36.5 Å². The highest BCUT2D eigenvalue weighted by Gasteiger charge is 2.05. The Morgan fingerprint density at radius 3 is 3.00 bits per heavy atom. The second-order valence-corrected chi connectivity index (χ2v) is 5.01. The molecule has 0 aliphatic heterocycles. The van der Waals surface area contributed by atoms with E-state index in [1.807, 2.05) is 30.3 Å². The number of hydrogen-bond acceptors (Lipinski definition) is 4. The van der Waals surface area contributed by atoms with Gasteiger partial charge in [0.15, 0.2) is 10.9 Å². The van der Waals surface area contributed by atoms with Gasteiger partial charge in [-0.1, -0.05) is 23.7 Å². The predicted octanol–water partition coefficient (Wildman–Crippen LogP) is 2.53. The third kappa shape index (κ3) is 4.67. The molecule has 2 rings (SSSR count). The van der Waals surface area contributed by atoms with Gasteiger partial charge in [-0.05, 0) is 42.4 Å². The summed E-state index contributed by atoms with van der Waals surface area (Å²) in [7, 11) is 0. The molecule has 21 heavy (non-hydrogen) atoms. The van der Waals surface area contributed by atoms with E-state index in [0.29, 0.717) is 28.1 Å². The Morgan fingerprint density at radius 2 is 2.24 bits per heavy atom. The molecule has 1 aromatic heterocycles. The minimum atomic E-state index is 0.347. The van der Waals surface area contributed by atoms with Crippen LogP contribution in [0.4, 0.5) is 5.82 Å². The van der Waals surface area contributed by atoms with Crippen molar-refractivity contribution in [3.63, 3.8) is 0 Å². The Morgan fingerprint density at radius 1 is 1.38 bits per heavy atom. The summed E-state index contributed by atoms with van der Waals surface area (Å²) in [5, 5.41) is 23.5. The van der Waals surface area contributed by atoms with Gasteiger partial charge in [0, 0.05) is 11.6 Å². The molecule has 2 N–H and O–H groups in total. The molecule has 0 spiro atoms. The van der Waals surface area contributed by atoms with Crippen LogP contribution in [0.3, 0.4) is 0 Å². The number of rotatable bonds is 4. The predicted molar refractivity (Wildman–Crippen MR) is 86.1 cm³/mol. The highest BCUT2D eigenvalue weighted by molar-refractivity contribution is 7.80. The normalized spacial score (nSPS) is 9.71. The first-order chi connectivity index (χ1) is 10.2. The number of halogens is 1. The van der Waals surface area contributed by atoms with Gasteiger partial charge in [0.1, 0.15) is 6.07 Å². The van der Waals surface area contributed by atoms with Gasteiger partial charge in [-0.3, -0.25) is 0 Å². The molecule has 106 valence electrons. The molecule has 1 aromatic carbocycles. The average Bonchev–Trinajstić information content (AvgIpc) is 2.48. The van der Waals surface area contributed by atoms with Gasteiger partial charge < -0.3 is 10.6 Å². The molecule has 0 amide bonds. The monoisotopic (exact) mass is 317 g/mol. The van der Waals surface area contributed by atoms with Crippen molar-refractivity contribution >= 4 is 34.7 Å². The van der Waals surface area contributed by atoms with Crippen LogP contribution in [0.25, 0.3) is 0 Å². The number of aromatic nitrogens is 2. The quantitative estimate of drug-likeness (QED) is 0.844. The van der Waals surface area contributed by atoms with Crippen molar-refractivity contribution in [2.75, 3.05) is 11.9 Å². The Labute approximate surface area is 133 Å². The number of nitrogens with zero attached hydrogens (tertiary/aromatic N) is 3. The second-order valence-electron chi connectivity index (χ2n) is 4.17. The van der Waals surface area contributed by atoms with Crippen LogP contribution in [-0.2, 0) is 6.42 Å². The fraction of sp³-hybridized carbons (Fsp3) is 0.143. The van der Waals surface area contributed by atoms with Gasteiger partial charge in [0.2, 0.25) is 0 Å². The summed E-state index contributed by atoms with van der Waals surface area (Å²) in [6.07, 6.45) is 2.24. The lowest BCUT2D eigenvalue weighted by Crippen LogP contribution is -2.30. The molecule has 0 unspecified atom stereocenters. The van der Waals surface area contributed by atoms with Gasteiger partial charge >= 0.3 is 0 Å². The lowest BCUT2D eigenvalue weighted by atomic mass is 10.1. The number of nitriles is 1. The van der Waals surface area contributed by atoms with Crippen molar-refractivity contribution in [3.05, 3.63) is 52.7 Å². The van der Waals surface area contributed by atoms with E-state index in [4.69, 9.17) is 29.1 Å². The summed E-state index contributed by atoms with van der Waals surface area (Å²) in [5.41, 5.74) is 1.51. The molecular formula is C14H12ClN5S. The number of benzene rings is 1. The van der Waals surface area contributed by atoms with Crippen LogP contribution in [0.2, 0.25) is 5.02 Å². The topological polar surface area (TPSA) is 73.6 Å². The number of anilines is 1. The van der Waals surface area contributed by atoms with Crippen molar-refractivity contribution in [3.8, 4) is 6.07 Å². The molecule has 0 fully saturated rings. The van der Waals surface area contributed by atoms with Crippen LogP contribution in [0.5, 0.6) is 0 Å². The van der Waals surface area contributed by atoms with Gasteiger partial charge in [-0.2, -0.15) is 10.4 Å². The summed E-state index contributed by atoms with van der Waals surface area (Å²) < 4.78 is 0. The van der Waals surface area contributed by atoms with Gasteiger partial charge in [0.05, 0.1) is 11.8 Å². The standard InChI is InChI=1S/C14H12ClN5S/c15-12-3-1-2-10(8-12)4-6-17-14(21)19-13-11(9-16)5-7-18-20-13/h1-3,5,7-8H,4,6H2,(H2,17,19,20,21). The third-order valence-electron chi connectivity index (χ3n) is 2.66. The highest BCUT2D eigenvalue weighted by atomic mass is 35.5. The molecular weight excluding hydrogens is 306 g/mol. The second kappa shape index (κ2) is 7.53. The zero-order valence-corrected chi connectivity index (χ0v) is 12.6. The maximum absolute atomic E-state index is 8.95. The zero-order chi connectivity index (χ0) is 15.1. The van der Waals surface area contributed by atoms with E-state index in [0.717, 1.165) is 12.0 Å². The molecule has 0 radical (unpaired) electrons. The molecule has 0 atom stereocenters. The van der Waals surface area contributed by atoms with Crippen molar-refractivity contribution in [2.24, 2.45) is 0 Å². The maximum Gasteiger partial charge on any atom is 0.172 e. The number of hydrogen-bond donors (Lipinski definition) is 2. The van der Waals surface area contributed by atoms with E-state index >= 15 is 0 Å². The van der Waals surface area contributed by atoms with Crippen LogP contribution in [0.1, 0.15) is 11.1 Å². The lowest BCUT2D eigenvalue weighted by molar-refractivity contribution is 0.872. The number of thiocarbonyl (C=S) groups is 1. The van der Waals surface area contributed by atoms with E-state index in [-0.39, 0.29) is 0 Å². The van der Waals surface area contributed by atoms with Crippen molar-refractivity contribution in [1.29, 1.82) is 5.26 Å². The summed E-state index contributed by atoms with van der Waals surface area (Å²) >= 11 is 11.1. The van der Waals surface area contributed by atoms with E-state index < -0.39 is 0 Å². The van der Waals surface area contributed by atoms with E-state index in [9.17, 15) is 0 Å². The molecule has 7 heteroatoms. The minimum Gasteiger partial charge on any atom is -0.362 e. The molecule has 1 heterocycles. The average molecular weight is 318 g/mol. The first-order valence-corrected chi connectivity index (χ1v) is 6.99. The maximum atomic E-state index is 8.95. The molecule has 2 aromatic rings. The largest absolute Gasteiger partial charge is 0.362 e. The summed E-state index contributed by atoms with van der Waals surface area (Å²) in [6.45, 7) is 0.647. The molecule has 0 saturated heterocycles. The van der Waals surface area contributed by atoms with Crippen LogP contribution in [-0.4, -0.2) is 21.9 Å². The first-order valence-electron chi connectivity index (χ1n) is 6.20. The molecule has 5 nitrogen and oxygen atoms in total. The lowest BCUT2D eigenvalue weighted by Gasteiger charge is -2.10. The van der Waals surface area contributed by atoms with E-state index in [1.54, 1.807) is 6.07 Å². The van der Waals surface area contributed by atoms with E-state index in [1.165, 1.54) is 6.20 Å². The van der Waals surface area contributed by atoms with Crippen molar-refractivity contribution < 1.29 is 0 Å². The fourth-order valence-electron chi connectivity index (χ4n) is 1.68. The van der Waals surface area contributed by atoms with Crippen molar-refractivity contribution in [2.45, 2.75) is 6.42 Å². The number of nitrogens with one attached hydrogen (secondary N) is 2. The SMILES string of the molecule is N#Cc1ccnnc1NC(=S)NCCc1cccc(Cl)c1. The summed E-state index contributed by atoms with van der Waals surface area (Å²) in [4.78, 5) is 0. The highest BCUT2D eigenvalue weighted by Crippen LogP contribution is 2.11. The minimum absolute atomic E-state index is 0.347. The summed E-state index contributed by atoms with van der Waals surface area (Å²) in [5.74, 6) is 0.347. The molecule has 0 saturated carbocycles. The van der Waals surface area contributed by atoms with Crippen LogP contribution >= 0.6 is 23.8 Å². The Hall–Kier alpha value is -2.23. The van der Waals surface area contributed by atoms with E-state index in [2.05, 4.69) is 20.8 Å². The zero-order valence-electron chi connectivity index (χ0n) is 11.0. The van der Waals surface area contributed by atoms with Gasteiger partial charge in [-0.15, -0.1) is 5.10 Å². The Balaban J connectivity index is 1.84. The van der Waals surface area contributed by atoms with Gasteiger partial charge in [0.25, 0.3) is 0 Å². The van der Waals surface area contributed by atoms with Crippen LogP contribution < -0.4 is 10.6 Å². The van der Waals surface area contributed by atoms with Crippen LogP contribution in [0, 0.1) is 11.3 Å². The third-order valence-corrected chi connectivity index (χ3v) is 3.14. The summed E-state index contributed by atoms with van der Waals surface area (Å²) in [6, 6.07) is 11.3. The van der Waals surface area contributed by atoms with Gasteiger partial charge in [-0.25, -0.2) is 0 Å². The molecule has 0 aliphatic rings. The molecule has 0 bridgehead atoms. The smallest absolute Gasteiger partial charge is 0.172 e. The first kappa shape index (κ1) is 15.2.